The Hall–Kier alpha value is -1.40. The Morgan fingerprint density at radius 3 is 2.70 bits per heavy atom. The number of rotatable bonds is 3. The number of amides is 1. The van der Waals surface area contributed by atoms with Gasteiger partial charge in [0.05, 0.1) is 26.0 Å². The molecule has 0 aliphatic carbocycles. The summed E-state index contributed by atoms with van der Waals surface area (Å²) in [5, 5.41) is 6.89. The zero-order valence-electron chi connectivity index (χ0n) is 11.8. The van der Waals surface area contributed by atoms with E-state index in [1.54, 1.807) is 0 Å². The van der Waals surface area contributed by atoms with Crippen LogP contribution in [0.5, 0.6) is 0 Å². The number of piperidine rings is 1. The Morgan fingerprint density at radius 1 is 1.30 bits per heavy atom. The quantitative estimate of drug-likeness (QED) is 0.872. The van der Waals surface area contributed by atoms with Crippen LogP contribution in [0.3, 0.4) is 0 Å². The van der Waals surface area contributed by atoms with Gasteiger partial charge in [-0.15, -0.1) is 0 Å². The van der Waals surface area contributed by atoms with Crippen molar-refractivity contribution in [2.45, 2.75) is 18.8 Å². The van der Waals surface area contributed by atoms with E-state index in [4.69, 9.17) is 4.74 Å². The molecule has 110 valence electrons. The smallest absolute Gasteiger partial charge is 0.236 e. The molecule has 0 bridgehead atoms. The monoisotopic (exact) mass is 278 g/mol. The molecule has 0 aromatic carbocycles. The van der Waals surface area contributed by atoms with Crippen molar-refractivity contribution in [1.29, 1.82) is 0 Å². The van der Waals surface area contributed by atoms with Crippen molar-refractivity contribution < 1.29 is 9.53 Å². The van der Waals surface area contributed by atoms with Crippen molar-refractivity contribution in [3.63, 3.8) is 0 Å². The van der Waals surface area contributed by atoms with Crippen LogP contribution >= 0.6 is 0 Å². The van der Waals surface area contributed by atoms with E-state index in [1.165, 1.54) is 5.56 Å². The van der Waals surface area contributed by atoms with Crippen molar-refractivity contribution in [2.75, 3.05) is 45.9 Å². The first-order valence-electron chi connectivity index (χ1n) is 7.39. The number of nitrogens with zero attached hydrogens (tertiary/aromatic N) is 3. The fourth-order valence-electron chi connectivity index (χ4n) is 3.01. The summed E-state index contributed by atoms with van der Waals surface area (Å²) in [6.45, 7) is 5.37. The number of hydrogen-bond donors (Lipinski definition) is 1. The summed E-state index contributed by atoms with van der Waals surface area (Å²) in [6.07, 6.45) is 6.12. The SMILES string of the molecule is O=C(CN1CCC(c2cn[nH]c2)CC1)N1CCOCC1. The fraction of sp³-hybridized carbons (Fsp3) is 0.714. The third kappa shape index (κ3) is 3.19. The van der Waals surface area contributed by atoms with E-state index in [0.29, 0.717) is 25.7 Å². The van der Waals surface area contributed by atoms with Crippen LogP contribution in [0, 0.1) is 0 Å². The first-order chi connectivity index (χ1) is 9.83. The Bertz CT molecular complexity index is 420. The highest BCUT2D eigenvalue weighted by atomic mass is 16.5. The Kier molecular flexibility index (Phi) is 4.32. The number of ether oxygens (including phenoxy) is 1. The Balaban J connectivity index is 1.45. The van der Waals surface area contributed by atoms with Crippen LogP contribution in [0.4, 0.5) is 0 Å². The third-order valence-electron chi connectivity index (χ3n) is 4.30. The van der Waals surface area contributed by atoms with E-state index >= 15 is 0 Å². The molecular weight excluding hydrogens is 256 g/mol. The molecule has 6 heteroatoms. The number of H-pyrrole nitrogens is 1. The van der Waals surface area contributed by atoms with Gasteiger partial charge in [0.2, 0.25) is 5.91 Å². The highest BCUT2D eigenvalue weighted by Gasteiger charge is 2.24. The molecule has 6 nitrogen and oxygen atoms in total. The molecule has 0 radical (unpaired) electrons. The molecule has 1 amide bonds. The number of aromatic amines is 1. The maximum Gasteiger partial charge on any atom is 0.236 e. The van der Waals surface area contributed by atoms with Crippen molar-refractivity contribution in [3.05, 3.63) is 18.0 Å². The molecular formula is C14H22N4O2. The summed E-state index contributed by atoms with van der Waals surface area (Å²) in [5.74, 6) is 0.832. The molecule has 2 aliphatic rings. The van der Waals surface area contributed by atoms with E-state index in [2.05, 4.69) is 15.1 Å². The van der Waals surface area contributed by atoms with Gasteiger partial charge in [0, 0.05) is 19.3 Å². The van der Waals surface area contributed by atoms with Gasteiger partial charge in [-0.2, -0.15) is 5.10 Å². The summed E-state index contributed by atoms with van der Waals surface area (Å²) < 4.78 is 5.28. The molecule has 0 saturated carbocycles. The van der Waals surface area contributed by atoms with Gasteiger partial charge >= 0.3 is 0 Å². The van der Waals surface area contributed by atoms with Crippen molar-refractivity contribution in [1.82, 2.24) is 20.0 Å². The van der Waals surface area contributed by atoms with Gasteiger partial charge < -0.3 is 9.64 Å². The molecule has 2 aliphatic heterocycles. The minimum absolute atomic E-state index is 0.245. The molecule has 2 fully saturated rings. The fourth-order valence-corrected chi connectivity index (χ4v) is 3.01. The van der Waals surface area contributed by atoms with Crippen LogP contribution < -0.4 is 0 Å². The van der Waals surface area contributed by atoms with Gasteiger partial charge in [-0.05, 0) is 37.4 Å². The summed E-state index contributed by atoms with van der Waals surface area (Å²) in [5.41, 5.74) is 1.30. The predicted molar refractivity (Wildman–Crippen MR) is 74.4 cm³/mol. The van der Waals surface area contributed by atoms with Crippen LogP contribution in [0.25, 0.3) is 0 Å². The normalized spacial score (nSPS) is 22.1. The maximum absolute atomic E-state index is 12.2. The van der Waals surface area contributed by atoms with Gasteiger partial charge in [0.1, 0.15) is 0 Å². The molecule has 20 heavy (non-hydrogen) atoms. The second kappa shape index (κ2) is 6.37. The zero-order chi connectivity index (χ0) is 13.8. The first kappa shape index (κ1) is 13.6. The van der Waals surface area contributed by atoms with Gasteiger partial charge in [-0.3, -0.25) is 14.8 Å². The lowest BCUT2D eigenvalue weighted by Crippen LogP contribution is -2.47. The molecule has 1 aromatic rings. The van der Waals surface area contributed by atoms with E-state index in [1.807, 2.05) is 17.3 Å². The van der Waals surface area contributed by atoms with Gasteiger partial charge in [-0.25, -0.2) is 0 Å². The molecule has 3 rings (SSSR count). The second-order valence-electron chi connectivity index (χ2n) is 5.58. The van der Waals surface area contributed by atoms with E-state index in [0.717, 1.165) is 39.0 Å². The van der Waals surface area contributed by atoms with Crippen LogP contribution in [0.1, 0.15) is 24.3 Å². The molecule has 0 spiro atoms. The molecule has 1 aromatic heterocycles. The van der Waals surface area contributed by atoms with Crippen LogP contribution in [0.2, 0.25) is 0 Å². The molecule has 0 unspecified atom stereocenters. The summed E-state index contributed by atoms with van der Waals surface area (Å²) >= 11 is 0. The van der Waals surface area contributed by atoms with Crippen LogP contribution in [0.15, 0.2) is 12.4 Å². The van der Waals surface area contributed by atoms with Crippen molar-refractivity contribution in [3.8, 4) is 0 Å². The summed E-state index contributed by atoms with van der Waals surface area (Å²) in [4.78, 5) is 16.4. The van der Waals surface area contributed by atoms with Crippen LogP contribution in [-0.2, 0) is 9.53 Å². The lowest BCUT2D eigenvalue weighted by Gasteiger charge is -2.33. The largest absolute Gasteiger partial charge is 0.378 e. The van der Waals surface area contributed by atoms with Gasteiger partial charge in [-0.1, -0.05) is 0 Å². The Morgan fingerprint density at radius 2 is 2.05 bits per heavy atom. The minimum atomic E-state index is 0.245. The number of likely N-dealkylation sites (tertiary alicyclic amines) is 1. The summed E-state index contributed by atoms with van der Waals surface area (Å²) in [6, 6.07) is 0. The first-order valence-corrected chi connectivity index (χ1v) is 7.39. The molecule has 3 heterocycles. The highest BCUT2D eigenvalue weighted by molar-refractivity contribution is 5.78. The number of carbonyl (C=O) groups excluding carboxylic acids is 1. The predicted octanol–water partition coefficient (Wildman–Crippen LogP) is 0.448. The average molecular weight is 278 g/mol. The van der Waals surface area contributed by atoms with Crippen molar-refractivity contribution >= 4 is 5.91 Å². The minimum Gasteiger partial charge on any atom is -0.378 e. The topological polar surface area (TPSA) is 61.5 Å². The van der Waals surface area contributed by atoms with Crippen molar-refractivity contribution in [2.24, 2.45) is 0 Å². The van der Waals surface area contributed by atoms with E-state index in [9.17, 15) is 4.79 Å². The maximum atomic E-state index is 12.2. The lowest BCUT2D eigenvalue weighted by molar-refractivity contribution is -0.136. The lowest BCUT2D eigenvalue weighted by atomic mass is 9.91. The zero-order valence-corrected chi connectivity index (χ0v) is 11.8. The molecule has 1 N–H and O–H groups in total. The number of aromatic nitrogens is 2. The van der Waals surface area contributed by atoms with Gasteiger partial charge in [0.15, 0.2) is 0 Å². The standard InChI is InChI=1S/C14H22N4O2/c19-14(18-5-7-20-8-6-18)11-17-3-1-12(2-4-17)13-9-15-16-10-13/h9-10,12H,1-8,11H2,(H,15,16). The van der Waals surface area contributed by atoms with Crippen LogP contribution in [-0.4, -0.2) is 71.8 Å². The number of hydrogen-bond acceptors (Lipinski definition) is 4. The van der Waals surface area contributed by atoms with E-state index in [-0.39, 0.29) is 5.91 Å². The third-order valence-corrected chi connectivity index (χ3v) is 4.30. The molecule has 2 saturated heterocycles. The second-order valence-corrected chi connectivity index (χ2v) is 5.58. The Labute approximate surface area is 119 Å². The number of morpholine rings is 1. The van der Waals surface area contributed by atoms with Gasteiger partial charge in [0.25, 0.3) is 0 Å². The average Bonchev–Trinajstić information content (AvgIpc) is 3.03. The number of nitrogens with one attached hydrogen (secondary N) is 1. The number of carbonyl (C=O) groups is 1. The highest BCUT2D eigenvalue weighted by Crippen LogP contribution is 2.26. The summed E-state index contributed by atoms with van der Waals surface area (Å²) in [7, 11) is 0. The van der Waals surface area contributed by atoms with E-state index < -0.39 is 0 Å². The molecule has 0 atom stereocenters.